The molecule has 37 heavy (non-hydrogen) atoms. The molecule has 0 spiro atoms. The van der Waals surface area contributed by atoms with Gasteiger partial charge in [0.15, 0.2) is 5.78 Å². The summed E-state index contributed by atoms with van der Waals surface area (Å²) in [6, 6.07) is 3.77. The first-order valence-corrected chi connectivity index (χ1v) is 12.6. The van der Waals surface area contributed by atoms with Crippen molar-refractivity contribution in [2.75, 3.05) is 23.8 Å². The van der Waals surface area contributed by atoms with Gasteiger partial charge in [-0.2, -0.15) is 4.98 Å². The second kappa shape index (κ2) is 11.5. The third-order valence-electron chi connectivity index (χ3n) is 6.95. The molecule has 0 bridgehead atoms. The van der Waals surface area contributed by atoms with Crippen LogP contribution < -0.4 is 21.3 Å². The van der Waals surface area contributed by atoms with Crippen LogP contribution in [0.25, 0.3) is 11.0 Å². The number of amides is 1. The smallest absolute Gasteiger partial charge is 0.263 e. The summed E-state index contributed by atoms with van der Waals surface area (Å²) in [6.45, 7) is 3.93. The molecule has 0 aromatic carbocycles. The van der Waals surface area contributed by atoms with Crippen molar-refractivity contribution in [3.63, 3.8) is 0 Å². The van der Waals surface area contributed by atoms with E-state index in [0.29, 0.717) is 34.8 Å². The minimum Gasteiger partial charge on any atom is -0.373 e. The lowest BCUT2D eigenvalue weighted by Crippen LogP contribution is -2.30. The molecule has 11 heteroatoms. The van der Waals surface area contributed by atoms with Crippen molar-refractivity contribution in [1.29, 1.82) is 0 Å². The predicted molar refractivity (Wildman–Crippen MR) is 141 cm³/mol. The van der Waals surface area contributed by atoms with Crippen LogP contribution >= 0.6 is 0 Å². The fourth-order valence-electron chi connectivity index (χ4n) is 4.93. The lowest BCUT2D eigenvalue weighted by molar-refractivity contribution is -0.129. The number of hydroxylamine groups is 1. The number of nitrogens with zero attached hydrogens (tertiary/aromatic N) is 5. The summed E-state index contributed by atoms with van der Waals surface area (Å²) >= 11 is 0. The Morgan fingerprint density at radius 2 is 1.92 bits per heavy atom. The Kier molecular flexibility index (Phi) is 8.12. The molecule has 1 amide bonds. The summed E-state index contributed by atoms with van der Waals surface area (Å²) in [4.78, 5) is 52.4. The molecular formula is C26H33N7O4. The lowest BCUT2D eigenvalue weighted by Gasteiger charge is -2.20. The number of fused-ring (bicyclic) bond motifs is 1. The molecule has 11 nitrogen and oxygen atoms in total. The zero-order valence-corrected chi connectivity index (χ0v) is 21.5. The van der Waals surface area contributed by atoms with Gasteiger partial charge in [-0.3, -0.25) is 24.2 Å². The first-order valence-electron chi connectivity index (χ1n) is 12.6. The third-order valence-corrected chi connectivity index (χ3v) is 6.95. The first-order chi connectivity index (χ1) is 17.8. The van der Waals surface area contributed by atoms with Crippen molar-refractivity contribution in [2.45, 2.75) is 64.8 Å². The fourth-order valence-corrected chi connectivity index (χ4v) is 4.93. The Bertz CT molecular complexity index is 1350. The third kappa shape index (κ3) is 5.77. The van der Waals surface area contributed by atoms with Gasteiger partial charge in [0.1, 0.15) is 11.5 Å². The van der Waals surface area contributed by atoms with Crippen molar-refractivity contribution in [2.24, 2.45) is 0 Å². The van der Waals surface area contributed by atoms with Crippen molar-refractivity contribution >= 4 is 40.2 Å². The molecule has 1 aliphatic carbocycles. The van der Waals surface area contributed by atoms with Crippen LogP contribution in [0, 0.1) is 6.92 Å². The number of aryl methyl sites for hydroxylation is 1. The van der Waals surface area contributed by atoms with Crippen LogP contribution in [0.5, 0.6) is 0 Å². The molecule has 0 radical (unpaired) electrons. The van der Waals surface area contributed by atoms with Crippen molar-refractivity contribution in [1.82, 2.24) is 25.0 Å². The maximum absolute atomic E-state index is 13.4. The highest BCUT2D eigenvalue weighted by molar-refractivity contribution is 5.99. The van der Waals surface area contributed by atoms with Gasteiger partial charge < -0.3 is 10.2 Å². The molecule has 0 saturated heterocycles. The molecule has 3 N–H and O–H groups in total. The molecule has 1 saturated carbocycles. The summed E-state index contributed by atoms with van der Waals surface area (Å²) in [6.07, 6.45) is 8.99. The zero-order chi connectivity index (χ0) is 26.5. The number of carbonyl (C=O) groups is 2. The Labute approximate surface area is 214 Å². The number of rotatable bonds is 10. The number of pyridine rings is 2. The quantitative estimate of drug-likeness (QED) is 0.162. The fraction of sp³-hybridized carbons (Fsp3) is 0.462. The molecule has 196 valence electrons. The Morgan fingerprint density at radius 1 is 1.16 bits per heavy atom. The number of aromatic nitrogens is 4. The Balaban J connectivity index is 1.54. The molecular weight excluding hydrogens is 474 g/mol. The van der Waals surface area contributed by atoms with E-state index < -0.39 is 0 Å². The number of anilines is 3. The first kappa shape index (κ1) is 26.2. The molecule has 1 aliphatic rings. The van der Waals surface area contributed by atoms with Crippen LogP contribution in [0.2, 0.25) is 0 Å². The van der Waals surface area contributed by atoms with E-state index in [1.165, 1.54) is 6.92 Å². The molecule has 0 unspecified atom stereocenters. The average molecular weight is 508 g/mol. The number of ketones is 1. The van der Waals surface area contributed by atoms with E-state index in [-0.39, 0.29) is 35.3 Å². The lowest BCUT2D eigenvalue weighted by atomic mass is 10.0. The van der Waals surface area contributed by atoms with Crippen LogP contribution in [0.1, 0.15) is 73.8 Å². The van der Waals surface area contributed by atoms with Gasteiger partial charge >= 0.3 is 0 Å². The number of carbonyl (C=O) groups excluding carboxylic acids is 2. The Morgan fingerprint density at radius 3 is 2.57 bits per heavy atom. The maximum Gasteiger partial charge on any atom is 0.263 e. The van der Waals surface area contributed by atoms with Gasteiger partial charge in [-0.15, -0.1) is 0 Å². The second-order valence-corrected chi connectivity index (χ2v) is 9.54. The number of unbranched alkanes of at least 4 members (excludes halogenated alkanes) is 1. The standard InChI is InChI=1S/C26H33N7O4/c1-16-20-15-28-26(30-24(20)33(18-8-4-5-9-18)25(36)23(16)17(2)34)29-21-12-11-19(14-27-21)32(3)13-7-6-10-22(35)31-37/h11-12,14-15,18,37H,4-10,13H2,1-3H3,(H,31,35)(H,27,28,29,30). The maximum atomic E-state index is 13.4. The van der Waals surface area contributed by atoms with E-state index in [2.05, 4.69) is 15.3 Å². The largest absolute Gasteiger partial charge is 0.373 e. The second-order valence-electron chi connectivity index (χ2n) is 9.54. The number of nitrogens with one attached hydrogen (secondary N) is 2. The minimum atomic E-state index is -0.384. The Hall–Kier alpha value is -3.86. The highest BCUT2D eigenvalue weighted by Crippen LogP contribution is 2.32. The van der Waals surface area contributed by atoms with E-state index in [1.54, 1.807) is 29.4 Å². The van der Waals surface area contributed by atoms with Crippen molar-refractivity contribution in [3.8, 4) is 0 Å². The van der Waals surface area contributed by atoms with E-state index in [9.17, 15) is 14.4 Å². The monoisotopic (exact) mass is 507 g/mol. The van der Waals surface area contributed by atoms with Crippen LogP contribution in [0.15, 0.2) is 29.3 Å². The molecule has 0 atom stereocenters. The van der Waals surface area contributed by atoms with Crippen LogP contribution in [-0.4, -0.2) is 50.0 Å². The van der Waals surface area contributed by atoms with Gasteiger partial charge in [0.2, 0.25) is 11.9 Å². The van der Waals surface area contributed by atoms with E-state index in [0.717, 1.165) is 44.3 Å². The van der Waals surface area contributed by atoms with Gasteiger partial charge in [0.05, 0.1) is 17.4 Å². The SMILES string of the molecule is CC(=O)c1c(C)c2cnc(Nc3ccc(N(C)CCCCC(=O)NO)cn3)nc2n(C2CCCC2)c1=O. The van der Waals surface area contributed by atoms with Crippen molar-refractivity contribution in [3.05, 3.63) is 46.0 Å². The number of Topliss-reactive ketones (excluding diaryl/α,β-unsaturated/α-hetero) is 1. The molecule has 3 aromatic rings. The normalized spacial score (nSPS) is 13.6. The molecule has 1 fully saturated rings. The van der Waals surface area contributed by atoms with Gasteiger partial charge in [-0.05, 0) is 57.2 Å². The molecule has 3 heterocycles. The summed E-state index contributed by atoms with van der Waals surface area (Å²) in [7, 11) is 1.95. The average Bonchev–Trinajstić information content (AvgIpc) is 3.41. The minimum absolute atomic E-state index is 0.0161. The molecule has 4 rings (SSSR count). The molecule has 0 aliphatic heterocycles. The van der Waals surface area contributed by atoms with Gasteiger partial charge in [0, 0.05) is 37.6 Å². The highest BCUT2D eigenvalue weighted by atomic mass is 16.5. The summed E-state index contributed by atoms with van der Waals surface area (Å²) in [5.41, 5.74) is 3.62. The number of hydrogen-bond acceptors (Lipinski definition) is 9. The topological polar surface area (TPSA) is 142 Å². The van der Waals surface area contributed by atoms with Crippen molar-refractivity contribution < 1.29 is 14.8 Å². The predicted octanol–water partition coefficient (Wildman–Crippen LogP) is 3.67. The van der Waals surface area contributed by atoms with Gasteiger partial charge in [-0.25, -0.2) is 15.4 Å². The highest BCUT2D eigenvalue weighted by Gasteiger charge is 2.25. The van der Waals surface area contributed by atoms with E-state index >= 15 is 0 Å². The summed E-state index contributed by atoms with van der Waals surface area (Å²) < 4.78 is 1.69. The summed E-state index contributed by atoms with van der Waals surface area (Å²) in [5, 5.41) is 12.4. The van der Waals surface area contributed by atoms with Gasteiger partial charge in [0.25, 0.3) is 5.56 Å². The number of hydrogen-bond donors (Lipinski definition) is 3. The van der Waals surface area contributed by atoms with Gasteiger partial charge in [-0.1, -0.05) is 12.8 Å². The zero-order valence-electron chi connectivity index (χ0n) is 21.5. The van der Waals surface area contributed by atoms with Crippen LogP contribution in [0.4, 0.5) is 17.5 Å². The summed E-state index contributed by atoms with van der Waals surface area (Å²) in [5.74, 6) is 0.251. The molecule has 3 aromatic heterocycles. The van der Waals surface area contributed by atoms with Crippen LogP contribution in [0.3, 0.4) is 0 Å². The van der Waals surface area contributed by atoms with E-state index in [1.807, 2.05) is 24.1 Å². The van der Waals surface area contributed by atoms with Crippen LogP contribution in [-0.2, 0) is 4.79 Å². The van der Waals surface area contributed by atoms with E-state index in [4.69, 9.17) is 10.2 Å².